The number of ether oxygens (including phenoxy) is 1. The quantitative estimate of drug-likeness (QED) is 0.884. The van der Waals surface area contributed by atoms with Crippen LogP contribution in [0.25, 0.3) is 0 Å². The SMILES string of the molecule is COc1ccc(NC(=O)NCCc2ccccc2)c(C)c1. The maximum absolute atomic E-state index is 11.9. The normalized spacial score (nSPS) is 10.0. The molecule has 2 aromatic carbocycles. The molecule has 0 aliphatic rings. The van der Waals surface area contributed by atoms with Crippen LogP contribution in [-0.4, -0.2) is 19.7 Å². The summed E-state index contributed by atoms with van der Waals surface area (Å²) in [5.41, 5.74) is 2.96. The molecule has 4 heteroatoms. The van der Waals surface area contributed by atoms with Gasteiger partial charge in [-0.2, -0.15) is 0 Å². The predicted octanol–water partition coefficient (Wildman–Crippen LogP) is 3.37. The van der Waals surface area contributed by atoms with Gasteiger partial charge >= 0.3 is 6.03 Å². The van der Waals surface area contributed by atoms with E-state index in [1.807, 2.05) is 55.5 Å². The Hall–Kier alpha value is -2.49. The van der Waals surface area contributed by atoms with Gasteiger partial charge in [-0.05, 0) is 42.7 Å². The summed E-state index contributed by atoms with van der Waals surface area (Å²) < 4.78 is 5.14. The third-order valence-corrected chi connectivity index (χ3v) is 3.22. The number of anilines is 1. The number of benzene rings is 2. The topological polar surface area (TPSA) is 50.4 Å². The van der Waals surface area contributed by atoms with Crippen molar-refractivity contribution in [3.05, 3.63) is 59.7 Å². The van der Waals surface area contributed by atoms with Crippen LogP contribution in [0.3, 0.4) is 0 Å². The molecule has 4 nitrogen and oxygen atoms in total. The maximum atomic E-state index is 11.9. The Morgan fingerprint density at radius 1 is 1.14 bits per heavy atom. The van der Waals surface area contributed by atoms with Crippen molar-refractivity contribution in [2.75, 3.05) is 19.0 Å². The second-order valence-electron chi connectivity index (χ2n) is 4.80. The fraction of sp³-hybridized carbons (Fsp3) is 0.235. The Balaban J connectivity index is 1.82. The van der Waals surface area contributed by atoms with Gasteiger partial charge in [0, 0.05) is 12.2 Å². The van der Waals surface area contributed by atoms with Gasteiger partial charge in [0.05, 0.1) is 7.11 Å². The van der Waals surface area contributed by atoms with E-state index in [9.17, 15) is 4.79 Å². The monoisotopic (exact) mass is 284 g/mol. The van der Waals surface area contributed by atoms with Gasteiger partial charge in [-0.1, -0.05) is 30.3 Å². The first-order chi connectivity index (χ1) is 10.2. The number of carbonyl (C=O) groups is 1. The Labute approximate surface area is 125 Å². The van der Waals surface area contributed by atoms with Crippen LogP contribution in [0.1, 0.15) is 11.1 Å². The third kappa shape index (κ3) is 4.53. The van der Waals surface area contributed by atoms with Gasteiger partial charge in [-0.25, -0.2) is 4.79 Å². The van der Waals surface area contributed by atoms with Crippen molar-refractivity contribution in [2.24, 2.45) is 0 Å². The van der Waals surface area contributed by atoms with E-state index in [4.69, 9.17) is 4.74 Å². The minimum atomic E-state index is -0.195. The molecule has 0 unspecified atom stereocenters. The molecule has 0 aromatic heterocycles. The van der Waals surface area contributed by atoms with Crippen molar-refractivity contribution in [1.82, 2.24) is 5.32 Å². The largest absolute Gasteiger partial charge is 0.497 e. The van der Waals surface area contributed by atoms with Crippen LogP contribution in [0, 0.1) is 6.92 Å². The van der Waals surface area contributed by atoms with E-state index in [0.717, 1.165) is 23.4 Å². The fourth-order valence-electron chi connectivity index (χ4n) is 2.03. The molecule has 0 fully saturated rings. The highest BCUT2D eigenvalue weighted by Gasteiger charge is 2.05. The van der Waals surface area contributed by atoms with Crippen molar-refractivity contribution in [1.29, 1.82) is 0 Å². The molecule has 0 spiro atoms. The summed E-state index contributed by atoms with van der Waals surface area (Å²) in [5, 5.41) is 5.70. The van der Waals surface area contributed by atoms with Gasteiger partial charge in [0.15, 0.2) is 0 Å². The number of amides is 2. The molecule has 2 amide bonds. The van der Waals surface area contributed by atoms with Gasteiger partial charge in [-0.3, -0.25) is 0 Å². The van der Waals surface area contributed by atoms with E-state index in [1.54, 1.807) is 7.11 Å². The molecular formula is C17H20N2O2. The zero-order valence-corrected chi connectivity index (χ0v) is 12.3. The first-order valence-corrected chi connectivity index (χ1v) is 6.92. The van der Waals surface area contributed by atoms with Gasteiger partial charge in [0.2, 0.25) is 0 Å². The summed E-state index contributed by atoms with van der Waals surface area (Å²) in [7, 11) is 1.62. The number of rotatable bonds is 5. The number of hydrogen-bond donors (Lipinski definition) is 2. The summed E-state index contributed by atoms with van der Waals surface area (Å²) in [5.74, 6) is 0.780. The predicted molar refractivity (Wildman–Crippen MR) is 84.9 cm³/mol. The number of hydrogen-bond acceptors (Lipinski definition) is 2. The molecule has 0 saturated carbocycles. The zero-order valence-electron chi connectivity index (χ0n) is 12.3. The lowest BCUT2D eigenvalue weighted by Crippen LogP contribution is -2.30. The first-order valence-electron chi connectivity index (χ1n) is 6.92. The fourth-order valence-corrected chi connectivity index (χ4v) is 2.03. The first kappa shape index (κ1) is 14.9. The summed E-state index contributed by atoms with van der Waals surface area (Å²) in [6.07, 6.45) is 0.815. The molecule has 2 N–H and O–H groups in total. The van der Waals surface area contributed by atoms with Gasteiger partial charge < -0.3 is 15.4 Å². The number of methoxy groups -OCH3 is 1. The minimum absolute atomic E-state index is 0.195. The molecule has 0 saturated heterocycles. The van der Waals surface area contributed by atoms with Crippen molar-refractivity contribution in [3.63, 3.8) is 0 Å². The molecule has 0 aliphatic carbocycles. The van der Waals surface area contributed by atoms with Crippen molar-refractivity contribution in [3.8, 4) is 5.75 Å². The van der Waals surface area contributed by atoms with E-state index in [2.05, 4.69) is 10.6 Å². The van der Waals surface area contributed by atoms with Crippen LogP contribution in [0.15, 0.2) is 48.5 Å². The second-order valence-corrected chi connectivity index (χ2v) is 4.80. The summed E-state index contributed by atoms with van der Waals surface area (Å²) in [6, 6.07) is 15.4. The van der Waals surface area contributed by atoms with Crippen molar-refractivity contribution in [2.45, 2.75) is 13.3 Å². The molecule has 2 rings (SSSR count). The smallest absolute Gasteiger partial charge is 0.319 e. The van der Waals surface area contributed by atoms with E-state index < -0.39 is 0 Å². The van der Waals surface area contributed by atoms with Gasteiger partial charge in [0.25, 0.3) is 0 Å². The molecule has 0 radical (unpaired) electrons. The van der Waals surface area contributed by atoms with Gasteiger partial charge in [0.1, 0.15) is 5.75 Å². The average molecular weight is 284 g/mol. The van der Waals surface area contributed by atoms with Crippen molar-refractivity contribution < 1.29 is 9.53 Å². The van der Waals surface area contributed by atoms with Crippen LogP contribution in [0.2, 0.25) is 0 Å². The number of carbonyl (C=O) groups excluding carboxylic acids is 1. The number of urea groups is 1. The Morgan fingerprint density at radius 2 is 1.90 bits per heavy atom. The molecule has 0 bridgehead atoms. The highest BCUT2D eigenvalue weighted by molar-refractivity contribution is 5.90. The third-order valence-electron chi connectivity index (χ3n) is 3.22. The number of aryl methyl sites for hydroxylation is 1. The lowest BCUT2D eigenvalue weighted by atomic mass is 10.1. The maximum Gasteiger partial charge on any atom is 0.319 e. The Bertz CT molecular complexity index is 597. The Kier molecular flexibility index (Phi) is 5.21. The Morgan fingerprint density at radius 3 is 2.57 bits per heavy atom. The average Bonchev–Trinajstić information content (AvgIpc) is 2.50. The van der Waals surface area contributed by atoms with Crippen molar-refractivity contribution >= 4 is 11.7 Å². The highest BCUT2D eigenvalue weighted by Crippen LogP contribution is 2.20. The van der Waals surface area contributed by atoms with Crippen LogP contribution in [-0.2, 0) is 6.42 Å². The molecule has 21 heavy (non-hydrogen) atoms. The van der Waals surface area contributed by atoms with Crippen LogP contribution >= 0.6 is 0 Å². The minimum Gasteiger partial charge on any atom is -0.497 e. The second kappa shape index (κ2) is 7.33. The van der Waals surface area contributed by atoms with Crippen LogP contribution in [0.4, 0.5) is 10.5 Å². The van der Waals surface area contributed by atoms with E-state index >= 15 is 0 Å². The number of nitrogens with one attached hydrogen (secondary N) is 2. The van der Waals surface area contributed by atoms with E-state index in [-0.39, 0.29) is 6.03 Å². The molecule has 0 aliphatic heterocycles. The molecule has 2 aromatic rings. The molecule has 0 heterocycles. The zero-order chi connectivity index (χ0) is 15.1. The van der Waals surface area contributed by atoms with Crippen LogP contribution in [0.5, 0.6) is 5.75 Å². The molecule has 110 valence electrons. The standard InChI is InChI=1S/C17H20N2O2/c1-13-12-15(21-2)8-9-16(13)19-17(20)18-11-10-14-6-4-3-5-7-14/h3-9,12H,10-11H2,1-2H3,(H2,18,19,20). The van der Waals surface area contributed by atoms with E-state index in [1.165, 1.54) is 5.56 Å². The van der Waals surface area contributed by atoms with Crippen LogP contribution < -0.4 is 15.4 Å². The van der Waals surface area contributed by atoms with Gasteiger partial charge in [-0.15, -0.1) is 0 Å². The lowest BCUT2D eigenvalue weighted by Gasteiger charge is -2.11. The molecular weight excluding hydrogens is 264 g/mol. The molecule has 0 atom stereocenters. The lowest BCUT2D eigenvalue weighted by molar-refractivity contribution is 0.252. The summed E-state index contributed by atoms with van der Waals surface area (Å²) >= 11 is 0. The van der Waals surface area contributed by atoms with E-state index in [0.29, 0.717) is 6.54 Å². The highest BCUT2D eigenvalue weighted by atomic mass is 16.5. The summed E-state index contributed by atoms with van der Waals surface area (Å²) in [4.78, 5) is 11.9. The summed E-state index contributed by atoms with van der Waals surface area (Å²) in [6.45, 7) is 2.53.